The third-order valence-electron chi connectivity index (χ3n) is 10.5. The number of pyridine rings is 1. The Morgan fingerprint density at radius 3 is 2.41 bits per heavy atom. The molecule has 0 aliphatic carbocycles. The van der Waals surface area contributed by atoms with Crippen molar-refractivity contribution in [3.63, 3.8) is 0 Å². The molecule has 2 atom stereocenters. The first-order valence-electron chi connectivity index (χ1n) is 16.7. The Morgan fingerprint density at radius 1 is 0.935 bits per heavy atom. The van der Waals surface area contributed by atoms with Crippen LogP contribution in [0.4, 0.5) is 19.0 Å². The van der Waals surface area contributed by atoms with Gasteiger partial charge in [-0.05, 0) is 89.8 Å². The number of nitrogens with zero attached hydrogens (tertiary/aromatic N) is 4. The van der Waals surface area contributed by atoms with Crippen molar-refractivity contribution in [3.8, 4) is 0 Å². The van der Waals surface area contributed by atoms with Gasteiger partial charge in [-0.25, -0.2) is 31.6 Å². The Morgan fingerprint density at radius 2 is 1.67 bits per heavy atom. The highest BCUT2D eigenvalue weighted by Crippen LogP contribution is 2.40. The first kappa shape index (κ1) is 32.9. The van der Waals surface area contributed by atoms with Crippen molar-refractivity contribution in [2.75, 3.05) is 29.9 Å². The molecule has 4 aliphatic rings. The van der Waals surface area contributed by atoms with E-state index in [9.17, 15) is 13.2 Å². The largest absolute Gasteiger partial charge is 0.363 e. The maximum atomic E-state index is 15.9. The van der Waals surface area contributed by atoms with Gasteiger partial charge in [-0.3, -0.25) is 9.36 Å². The monoisotopic (exact) mass is 659 g/mol. The number of halogens is 3. The predicted octanol–water partition coefficient (Wildman–Crippen LogP) is 6.55. The summed E-state index contributed by atoms with van der Waals surface area (Å²) in [5.74, 6) is -3.87. The minimum atomic E-state index is -3.30. The molecule has 0 spiro atoms. The van der Waals surface area contributed by atoms with E-state index in [0.717, 1.165) is 45.2 Å². The molecule has 8 nitrogen and oxygen atoms in total. The maximum Gasteiger partial charge on any atom is 0.276 e. The average Bonchev–Trinajstić information content (AvgIpc) is 3.03. The summed E-state index contributed by atoms with van der Waals surface area (Å²) in [6, 6.07) is 5.51. The van der Waals surface area contributed by atoms with Crippen LogP contribution < -0.4 is 10.9 Å². The van der Waals surface area contributed by atoms with Crippen molar-refractivity contribution in [2.24, 2.45) is 5.92 Å². The second kappa shape index (κ2) is 13.3. The molecule has 2 aromatic heterocycles. The first-order chi connectivity index (χ1) is 21.9. The molecular weight excluding hydrogens is 615 g/mol. The summed E-state index contributed by atoms with van der Waals surface area (Å²) in [4.78, 5) is 25.4. The molecule has 46 heavy (non-hydrogen) atoms. The number of aryl methyl sites for hydroxylation is 1. The summed E-state index contributed by atoms with van der Waals surface area (Å²) in [6.07, 6.45) is 6.32. The number of hydrogen-bond acceptors (Lipinski definition) is 7. The summed E-state index contributed by atoms with van der Waals surface area (Å²) in [6.45, 7) is 6.05. The van der Waals surface area contributed by atoms with E-state index in [-0.39, 0.29) is 34.5 Å². The van der Waals surface area contributed by atoms with E-state index in [1.54, 1.807) is 17.6 Å². The van der Waals surface area contributed by atoms with Gasteiger partial charge in [0.15, 0.2) is 0 Å². The molecule has 2 fully saturated rings. The normalized spacial score (nSPS) is 27.6. The van der Waals surface area contributed by atoms with Crippen LogP contribution in [0.15, 0.2) is 35.4 Å². The fourth-order valence-corrected chi connectivity index (χ4v) is 9.06. The van der Waals surface area contributed by atoms with Crippen molar-refractivity contribution in [1.29, 1.82) is 0 Å². The molecule has 12 heteroatoms. The average molecular weight is 660 g/mol. The molecule has 0 amide bonds. The number of rotatable bonds is 1. The van der Waals surface area contributed by atoms with Gasteiger partial charge in [-0.2, -0.15) is 0 Å². The Hall–Kier alpha value is -2.99. The van der Waals surface area contributed by atoms with Crippen molar-refractivity contribution in [3.05, 3.63) is 63.5 Å². The summed E-state index contributed by atoms with van der Waals surface area (Å²) >= 11 is 0. The van der Waals surface area contributed by atoms with Crippen LogP contribution >= 0.6 is 0 Å². The molecule has 0 saturated carbocycles. The summed E-state index contributed by atoms with van der Waals surface area (Å²) < 4.78 is 73.0. The van der Waals surface area contributed by atoms with Gasteiger partial charge in [0.2, 0.25) is 0 Å². The van der Waals surface area contributed by atoms with E-state index in [4.69, 9.17) is 0 Å². The van der Waals surface area contributed by atoms with Crippen molar-refractivity contribution < 1.29 is 21.6 Å². The van der Waals surface area contributed by atoms with E-state index < -0.39 is 39.6 Å². The predicted molar refractivity (Wildman–Crippen MR) is 174 cm³/mol. The number of alkyl halides is 2. The lowest BCUT2D eigenvalue weighted by Crippen LogP contribution is -2.40. The van der Waals surface area contributed by atoms with Crippen LogP contribution in [0.1, 0.15) is 100 Å². The lowest BCUT2D eigenvalue weighted by atomic mass is 9.88. The van der Waals surface area contributed by atoms with Crippen LogP contribution in [-0.2, 0) is 22.3 Å². The minimum Gasteiger partial charge on any atom is -0.363 e. The van der Waals surface area contributed by atoms with Gasteiger partial charge < -0.3 is 10.2 Å². The van der Waals surface area contributed by atoms with Gasteiger partial charge in [0, 0.05) is 30.1 Å². The zero-order chi connectivity index (χ0) is 32.6. The van der Waals surface area contributed by atoms with Gasteiger partial charge in [-0.15, -0.1) is 0 Å². The highest BCUT2D eigenvalue weighted by atomic mass is 32.2. The van der Waals surface area contributed by atoms with Crippen LogP contribution in [0.2, 0.25) is 0 Å². The second-order valence-corrected chi connectivity index (χ2v) is 15.9. The molecule has 3 aromatic rings. The molecule has 2 saturated heterocycles. The highest BCUT2D eigenvalue weighted by molar-refractivity contribution is 7.91. The van der Waals surface area contributed by atoms with Crippen molar-refractivity contribution in [2.45, 2.75) is 102 Å². The fraction of sp³-hybridized carbons (Fsp3) is 0.618. The maximum absolute atomic E-state index is 15.9. The Balaban J connectivity index is 1.42. The third-order valence-corrected chi connectivity index (χ3v) is 12.3. The first-order valence-corrected chi connectivity index (χ1v) is 18.5. The van der Waals surface area contributed by atoms with Crippen LogP contribution in [0, 0.1) is 11.7 Å². The fourth-order valence-electron chi connectivity index (χ4n) is 7.56. The minimum absolute atomic E-state index is 0.0258. The number of nitrogens with one attached hydrogen (secondary N) is 1. The topological polar surface area (TPSA) is 97.2 Å². The van der Waals surface area contributed by atoms with E-state index in [1.165, 1.54) is 24.5 Å². The van der Waals surface area contributed by atoms with Crippen LogP contribution in [0.3, 0.4) is 0 Å². The molecule has 1 aromatic carbocycles. The number of piperidine rings is 1. The Bertz CT molecular complexity index is 1730. The molecule has 250 valence electrons. The van der Waals surface area contributed by atoms with Crippen molar-refractivity contribution in [1.82, 2.24) is 19.4 Å². The number of hydrogen-bond donors (Lipinski definition) is 1. The van der Waals surface area contributed by atoms with E-state index in [2.05, 4.69) is 27.1 Å². The quantitative estimate of drug-likeness (QED) is 0.317. The summed E-state index contributed by atoms with van der Waals surface area (Å²) in [5, 5.41) is 3.78. The number of benzene rings is 1. The lowest BCUT2D eigenvalue weighted by Gasteiger charge is -2.36. The molecule has 0 radical (unpaired) electrons. The van der Waals surface area contributed by atoms with E-state index in [1.807, 2.05) is 0 Å². The molecule has 4 aliphatic heterocycles. The SMILES string of the molecule is CC1CCCCn2c(=O)c(C3CCS(=O)(=O)CC3)cc3c(ncnc32)N[C@H](C)c2cccc(c2F)C(F)(F)CCC2CCN1CC2. The molecule has 1 unspecified atom stereocenters. The Kier molecular flexibility index (Phi) is 9.49. The number of aromatic nitrogens is 3. The van der Waals surface area contributed by atoms with Crippen LogP contribution in [-0.4, -0.2) is 58.5 Å². The smallest absolute Gasteiger partial charge is 0.276 e. The van der Waals surface area contributed by atoms with Gasteiger partial charge in [0.25, 0.3) is 11.5 Å². The number of fused-ring (bicyclic) bond motifs is 9. The van der Waals surface area contributed by atoms with Gasteiger partial charge in [0.1, 0.15) is 33.4 Å². The Labute approximate surface area is 268 Å². The molecule has 1 N–H and O–H groups in total. The van der Waals surface area contributed by atoms with Gasteiger partial charge in [-0.1, -0.05) is 24.6 Å². The molecular formula is C34H44F3N5O3S. The molecule has 8 bridgehead atoms. The third kappa shape index (κ3) is 6.83. The lowest BCUT2D eigenvalue weighted by molar-refractivity contribution is -0.0255. The molecule has 7 rings (SSSR count). The molecule has 6 heterocycles. The summed E-state index contributed by atoms with van der Waals surface area (Å²) in [7, 11) is -3.14. The van der Waals surface area contributed by atoms with Gasteiger partial charge >= 0.3 is 0 Å². The number of anilines is 1. The van der Waals surface area contributed by atoms with Crippen molar-refractivity contribution >= 4 is 26.7 Å². The second-order valence-electron chi connectivity index (χ2n) is 13.6. The zero-order valence-corrected chi connectivity index (χ0v) is 27.5. The standard InChI is InChI=1S/C34H44F3N5O3S/c1-22-6-3-4-15-42-32-28(20-27(33(42)43)25-12-18-46(44,45)19-13-25)31(38-21-39-32)40-23(2)26-7-5-8-29(30(26)35)34(36,37)14-9-24-10-16-41(22)17-11-24/h5,7-8,20-25H,3-4,6,9-19H2,1-2H3,(H,38,39,40)/t22?,23-/m1/s1. The summed E-state index contributed by atoms with van der Waals surface area (Å²) in [5.41, 5.74) is 0.290. The van der Waals surface area contributed by atoms with Crippen LogP contribution in [0.25, 0.3) is 11.0 Å². The number of sulfone groups is 1. The van der Waals surface area contributed by atoms with E-state index >= 15 is 13.2 Å². The highest BCUT2D eigenvalue weighted by Gasteiger charge is 2.37. The van der Waals surface area contributed by atoms with E-state index in [0.29, 0.717) is 54.3 Å². The zero-order valence-electron chi connectivity index (χ0n) is 26.7. The van der Waals surface area contributed by atoms with Crippen LogP contribution in [0.5, 0.6) is 0 Å². The van der Waals surface area contributed by atoms with Gasteiger partial charge in [0.05, 0.1) is 28.5 Å².